The Kier molecular flexibility index (Phi) is 5.06. The molecule has 0 bridgehead atoms. The first kappa shape index (κ1) is 13.3. The zero-order valence-electron chi connectivity index (χ0n) is 9.79. The van der Waals surface area contributed by atoms with Crippen molar-refractivity contribution in [1.82, 2.24) is 0 Å². The van der Waals surface area contributed by atoms with Gasteiger partial charge in [0.25, 0.3) is 0 Å². The van der Waals surface area contributed by atoms with Crippen LogP contribution in [-0.4, -0.2) is 29.8 Å². The summed E-state index contributed by atoms with van der Waals surface area (Å²) < 4.78 is 5.13. The Morgan fingerprint density at radius 3 is 2.88 bits per heavy atom. The standard InChI is InChI=1S/C11H18ClNO3/c1-3-9-8-11(4-2,16-13-9)10(14)15-7-5-6-12/h3-8H2,1-2H3. The molecule has 0 aromatic carbocycles. The first-order chi connectivity index (χ1) is 7.68. The molecule has 0 saturated carbocycles. The summed E-state index contributed by atoms with van der Waals surface area (Å²) in [6.45, 7) is 4.23. The van der Waals surface area contributed by atoms with Crippen molar-refractivity contribution in [3.05, 3.63) is 0 Å². The number of hydrogen-bond donors (Lipinski definition) is 0. The number of oxime groups is 1. The van der Waals surface area contributed by atoms with Gasteiger partial charge in [-0.2, -0.15) is 0 Å². The van der Waals surface area contributed by atoms with Gasteiger partial charge < -0.3 is 9.57 Å². The topological polar surface area (TPSA) is 47.9 Å². The molecule has 92 valence electrons. The van der Waals surface area contributed by atoms with E-state index in [1.54, 1.807) is 0 Å². The van der Waals surface area contributed by atoms with Gasteiger partial charge in [0.2, 0.25) is 5.60 Å². The average molecular weight is 248 g/mol. The second-order valence-electron chi connectivity index (χ2n) is 3.81. The highest BCUT2D eigenvalue weighted by Crippen LogP contribution is 2.29. The third-order valence-corrected chi connectivity index (χ3v) is 2.97. The molecule has 0 amide bonds. The van der Waals surface area contributed by atoms with Crippen LogP contribution in [0.2, 0.25) is 0 Å². The maximum atomic E-state index is 11.9. The first-order valence-corrected chi connectivity index (χ1v) is 6.19. The minimum atomic E-state index is -0.891. The molecule has 0 aliphatic carbocycles. The van der Waals surface area contributed by atoms with Crippen LogP contribution in [0, 0.1) is 0 Å². The molecule has 1 rings (SSSR count). The van der Waals surface area contributed by atoms with E-state index in [2.05, 4.69) is 5.16 Å². The zero-order chi connectivity index (χ0) is 12.0. The lowest BCUT2D eigenvalue weighted by Crippen LogP contribution is -2.40. The summed E-state index contributed by atoms with van der Waals surface area (Å²) in [5, 5.41) is 3.92. The summed E-state index contributed by atoms with van der Waals surface area (Å²) in [6, 6.07) is 0. The van der Waals surface area contributed by atoms with Gasteiger partial charge in [-0.3, -0.25) is 0 Å². The van der Waals surface area contributed by atoms with Gasteiger partial charge in [-0.15, -0.1) is 11.6 Å². The Balaban J connectivity index is 2.51. The van der Waals surface area contributed by atoms with Crippen molar-refractivity contribution in [2.75, 3.05) is 12.5 Å². The molecule has 1 atom stereocenters. The monoisotopic (exact) mass is 247 g/mol. The van der Waals surface area contributed by atoms with Crippen LogP contribution in [0.25, 0.3) is 0 Å². The average Bonchev–Trinajstić information content (AvgIpc) is 2.74. The maximum absolute atomic E-state index is 11.9. The van der Waals surface area contributed by atoms with E-state index in [0.717, 1.165) is 12.1 Å². The number of nitrogens with zero attached hydrogens (tertiary/aromatic N) is 1. The minimum absolute atomic E-state index is 0.327. The van der Waals surface area contributed by atoms with Gasteiger partial charge in [0, 0.05) is 12.3 Å². The van der Waals surface area contributed by atoms with Crippen LogP contribution in [0.1, 0.15) is 39.5 Å². The molecule has 5 heteroatoms. The smallest absolute Gasteiger partial charge is 0.353 e. The Morgan fingerprint density at radius 2 is 2.38 bits per heavy atom. The number of ether oxygens (including phenoxy) is 1. The molecule has 4 nitrogen and oxygen atoms in total. The second-order valence-corrected chi connectivity index (χ2v) is 4.18. The third-order valence-electron chi connectivity index (χ3n) is 2.70. The van der Waals surface area contributed by atoms with Crippen LogP contribution in [0.4, 0.5) is 0 Å². The van der Waals surface area contributed by atoms with E-state index in [1.165, 1.54) is 0 Å². The molecule has 0 aromatic heterocycles. The molecule has 1 heterocycles. The normalized spacial score (nSPS) is 23.8. The van der Waals surface area contributed by atoms with Crippen molar-refractivity contribution in [2.24, 2.45) is 5.16 Å². The predicted octanol–water partition coefficient (Wildman–Crippen LogP) is 2.49. The fourth-order valence-corrected chi connectivity index (χ4v) is 1.64. The summed E-state index contributed by atoms with van der Waals surface area (Å²) in [6.07, 6.45) is 2.57. The summed E-state index contributed by atoms with van der Waals surface area (Å²) in [5.41, 5.74) is 0.0219. The van der Waals surface area contributed by atoms with Gasteiger partial charge in [-0.25, -0.2) is 4.79 Å². The molecular formula is C11H18ClNO3. The number of halogens is 1. The van der Waals surface area contributed by atoms with Gasteiger partial charge in [0.05, 0.1) is 12.3 Å². The van der Waals surface area contributed by atoms with Crippen LogP contribution in [-0.2, 0) is 14.4 Å². The quantitative estimate of drug-likeness (QED) is 0.412. The molecule has 1 aliphatic rings. The highest BCUT2D eigenvalue weighted by Gasteiger charge is 2.45. The summed E-state index contributed by atoms with van der Waals surface area (Å²) >= 11 is 5.51. The molecule has 0 fully saturated rings. The van der Waals surface area contributed by atoms with Crippen molar-refractivity contribution in [3.8, 4) is 0 Å². The SMILES string of the molecule is CCC1=NOC(CC)(C(=O)OCCCCl)C1. The number of esters is 1. The van der Waals surface area contributed by atoms with Crippen molar-refractivity contribution in [1.29, 1.82) is 0 Å². The number of carbonyl (C=O) groups is 1. The summed E-state index contributed by atoms with van der Waals surface area (Å²) in [4.78, 5) is 17.1. The van der Waals surface area contributed by atoms with E-state index in [-0.39, 0.29) is 5.97 Å². The van der Waals surface area contributed by atoms with E-state index in [1.807, 2.05) is 13.8 Å². The summed E-state index contributed by atoms with van der Waals surface area (Å²) in [7, 11) is 0. The summed E-state index contributed by atoms with van der Waals surface area (Å²) in [5.74, 6) is 0.163. The molecule has 0 N–H and O–H groups in total. The van der Waals surface area contributed by atoms with Crippen LogP contribution >= 0.6 is 11.6 Å². The molecule has 1 aliphatic heterocycles. The second kappa shape index (κ2) is 6.09. The van der Waals surface area contributed by atoms with Crippen molar-refractivity contribution in [3.63, 3.8) is 0 Å². The minimum Gasteiger partial charge on any atom is -0.463 e. The lowest BCUT2D eigenvalue weighted by atomic mass is 9.94. The van der Waals surface area contributed by atoms with E-state index in [4.69, 9.17) is 21.2 Å². The number of hydrogen-bond acceptors (Lipinski definition) is 4. The number of carbonyl (C=O) groups excluding carboxylic acids is 1. The highest BCUT2D eigenvalue weighted by atomic mass is 35.5. The lowest BCUT2D eigenvalue weighted by molar-refractivity contribution is -0.169. The molecule has 16 heavy (non-hydrogen) atoms. The van der Waals surface area contributed by atoms with Crippen LogP contribution < -0.4 is 0 Å². The van der Waals surface area contributed by atoms with Gasteiger partial charge >= 0.3 is 5.97 Å². The fraction of sp³-hybridized carbons (Fsp3) is 0.818. The van der Waals surface area contributed by atoms with E-state index >= 15 is 0 Å². The van der Waals surface area contributed by atoms with Crippen LogP contribution in [0.3, 0.4) is 0 Å². The van der Waals surface area contributed by atoms with E-state index in [9.17, 15) is 4.79 Å². The lowest BCUT2D eigenvalue weighted by Gasteiger charge is -2.22. The molecule has 0 spiro atoms. The first-order valence-electron chi connectivity index (χ1n) is 5.65. The highest BCUT2D eigenvalue weighted by molar-refractivity contribution is 6.17. The van der Waals surface area contributed by atoms with Crippen LogP contribution in [0.5, 0.6) is 0 Å². The van der Waals surface area contributed by atoms with Gasteiger partial charge in [-0.05, 0) is 19.3 Å². The molecule has 1 unspecified atom stereocenters. The van der Waals surface area contributed by atoms with Crippen LogP contribution in [0.15, 0.2) is 5.16 Å². The van der Waals surface area contributed by atoms with Crippen molar-refractivity contribution in [2.45, 2.75) is 45.1 Å². The van der Waals surface area contributed by atoms with Gasteiger partial charge in [0.15, 0.2) is 0 Å². The Bertz CT molecular complexity index is 280. The third kappa shape index (κ3) is 2.88. The molecule has 0 saturated heterocycles. The Labute approximate surface area is 101 Å². The number of alkyl halides is 1. The Hall–Kier alpha value is -0.770. The fourth-order valence-electron chi connectivity index (χ4n) is 1.53. The van der Waals surface area contributed by atoms with E-state index < -0.39 is 5.60 Å². The van der Waals surface area contributed by atoms with Gasteiger partial charge in [-0.1, -0.05) is 19.0 Å². The largest absolute Gasteiger partial charge is 0.463 e. The molecule has 0 radical (unpaired) electrons. The van der Waals surface area contributed by atoms with Gasteiger partial charge in [0.1, 0.15) is 0 Å². The maximum Gasteiger partial charge on any atom is 0.353 e. The predicted molar refractivity (Wildman–Crippen MR) is 62.7 cm³/mol. The van der Waals surface area contributed by atoms with Crippen molar-refractivity contribution >= 4 is 23.3 Å². The molecule has 0 aromatic rings. The van der Waals surface area contributed by atoms with E-state index in [0.29, 0.717) is 31.7 Å². The zero-order valence-corrected chi connectivity index (χ0v) is 10.5. The Morgan fingerprint density at radius 1 is 1.62 bits per heavy atom. The molecular weight excluding hydrogens is 230 g/mol. The number of rotatable bonds is 6. The van der Waals surface area contributed by atoms with Crippen molar-refractivity contribution < 1.29 is 14.4 Å².